The Bertz CT molecular complexity index is 318. The number of rotatable bonds is 6. The molecule has 0 spiro atoms. The Hall–Kier alpha value is -0.800. The van der Waals surface area contributed by atoms with Gasteiger partial charge in [0.15, 0.2) is 5.15 Å². The Morgan fingerprint density at radius 1 is 1.44 bits per heavy atom. The number of aromatic nitrogens is 1. The van der Waals surface area contributed by atoms with Gasteiger partial charge in [0.25, 0.3) is 0 Å². The van der Waals surface area contributed by atoms with E-state index in [1.54, 1.807) is 6.20 Å². The molecule has 16 heavy (non-hydrogen) atoms. The molecule has 0 bridgehead atoms. The first kappa shape index (κ1) is 13.3. The number of hydrogen-bond acceptors (Lipinski definition) is 3. The van der Waals surface area contributed by atoms with Crippen molar-refractivity contribution in [2.45, 2.75) is 26.7 Å². The van der Waals surface area contributed by atoms with Gasteiger partial charge in [-0.3, -0.25) is 0 Å². The topological polar surface area (TPSA) is 45.1 Å². The van der Waals surface area contributed by atoms with E-state index < -0.39 is 0 Å². The van der Waals surface area contributed by atoms with Crippen LogP contribution in [0.25, 0.3) is 0 Å². The maximum Gasteiger partial charge on any atom is 0.152 e. The highest BCUT2D eigenvalue weighted by molar-refractivity contribution is 6.31. The molecule has 0 aromatic carbocycles. The van der Waals surface area contributed by atoms with Crippen LogP contribution in [0.15, 0.2) is 18.3 Å². The van der Waals surface area contributed by atoms with E-state index in [0.29, 0.717) is 11.7 Å². The summed E-state index contributed by atoms with van der Waals surface area (Å²) in [6.07, 6.45) is 3.53. The van der Waals surface area contributed by atoms with Gasteiger partial charge in [-0.05, 0) is 25.0 Å². The fourth-order valence-electron chi connectivity index (χ4n) is 1.58. The number of pyridine rings is 1. The van der Waals surface area contributed by atoms with Crippen LogP contribution >= 0.6 is 11.6 Å². The minimum Gasteiger partial charge on any atom is -0.396 e. The van der Waals surface area contributed by atoms with Crippen LogP contribution in [0.2, 0.25) is 5.15 Å². The SMILES string of the molecule is CCC(CC)(CO)CNc1cccnc1Cl. The van der Waals surface area contributed by atoms with Gasteiger partial charge in [-0.15, -0.1) is 0 Å². The lowest BCUT2D eigenvalue weighted by molar-refractivity contribution is 0.127. The molecule has 1 aromatic heterocycles. The number of anilines is 1. The molecular formula is C12H19ClN2O. The number of nitrogens with one attached hydrogen (secondary N) is 1. The smallest absolute Gasteiger partial charge is 0.152 e. The van der Waals surface area contributed by atoms with Crippen molar-refractivity contribution < 1.29 is 5.11 Å². The van der Waals surface area contributed by atoms with Crippen molar-refractivity contribution >= 4 is 17.3 Å². The van der Waals surface area contributed by atoms with Crippen molar-refractivity contribution in [2.24, 2.45) is 5.41 Å². The van der Waals surface area contributed by atoms with Crippen LogP contribution in [-0.4, -0.2) is 23.2 Å². The molecule has 0 aliphatic rings. The minimum absolute atomic E-state index is 0.0703. The van der Waals surface area contributed by atoms with Gasteiger partial charge in [0.1, 0.15) is 0 Å². The van der Waals surface area contributed by atoms with E-state index in [9.17, 15) is 5.11 Å². The highest BCUT2D eigenvalue weighted by Gasteiger charge is 2.25. The summed E-state index contributed by atoms with van der Waals surface area (Å²) in [4.78, 5) is 4.00. The average Bonchev–Trinajstić information content (AvgIpc) is 2.34. The van der Waals surface area contributed by atoms with Crippen molar-refractivity contribution in [3.63, 3.8) is 0 Å². The van der Waals surface area contributed by atoms with Gasteiger partial charge in [0.05, 0.1) is 12.3 Å². The van der Waals surface area contributed by atoms with Crippen LogP contribution in [0.3, 0.4) is 0 Å². The van der Waals surface area contributed by atoms with Gasteiger partial charge in [0, 0.05) is 18.2 Å². The number of halogens is 1. The largest absolute Gasteiger partial charge is 0.396 e. The first-order chi connectivity index (χ1) is 7.67. The molecule has 0 aliphatic heterocycles. The van der Waals surface area contributed by atoms with Gasteiger partial charge in [-0.25, -0.2) is 4.98 Å². The Balaban J connectivity index is 2.66. The summed E-state index contributed by atoms with van der Waals surface area (Å²) in [5.74, 6) is 0. The van der Waals surface area contributed by atoms with E-state index in [0.717, 1.165) is 18.5 Å². The van der Waals surface area contributed by atoms with Gasteiger partial charge in [-0.1, -0.05) is 25.4 Å². The molecular weight excluding hydrogens is 224 g/mol. The van der Waals surface area contributed by atoms with E-state index in [4.69, 9.17) is 11.6 Å². The van der Waals surface area contributed by atoms with Crippen LogP contribution in [0.4, 0.5) is 5.69 Å². The van der Waals surface area contributed by atoms with E-state index >= 15 is 0 Å². The van der Waals surface area contributed by atoms with E-state index in [1.807, 2.05) is 12.1 Å². The standard InChI is InChI=1S/C12H19ClN2O/c1-3-12(4-2,9-16)8-15-10-6-5-7-14-11(10)13/h5-7,15-16H,3-4,8-9H2,1-2H3. The second-order valence-electron chi connectivity index (χ2n) is 4.06. The molecule has 1 aromatic rings. The molecule has 0 amide bonds. The molecule has 0 fully saturated rings. The number of aliphatic hydroxyl groups is 1. The summed E-state index contributed by atoms with van der Waals surface area (Å²) in [5.41, 5.74) is 0.753. The van der Waals surface area contributed by atoms with Crippen LogP contribution in [0, 0.1) is 5.41 Å². The van der Waals surface area contributed by atoms with E-state index in [2.05, 4.69) is 24.1 Å². The first-order valence-electron chi connectivity index (χ1n) is 5.62. The van der Waals surface area contributed by atoms with Gasteiger partial charge in [-0.2, -0.15) is 0 Å². The quantitative estimate of drug-likeness (QED) is 0.754. The second kappa shape index (κ2) is 6.06. The molecule has 0 aliphatic carbocycles. The molecule has 3 nitrogen and oxygen atoms in total. The Morgan fingerprint density at radius 2 is 2.12 bits per heavy atom. The summed E-state index contributed by atoms with van der Waals surface area (Å²) in [6, 6.07) is 3.73. The second-order valence-corrected chi connectivity index (χ2v) is 4.42. The van der Waals surface area contributed by atoms with Gasteiger partial charge >= 0.3 is 0 Å². The average molecular weight is 243 g/mol. The lowest BCUT2D eigenvalue weighted by Crippen LogP contribution is -2.32. The predicted molar refractivity (Wildman–Crippen MR) is 67.8 cm³/mol. The lowest BCUT2D eigenvalue weighted by Gasteiger charge is -2.30. The van der Waals surface area contributed by atoms with Crippen molar-refractivity contribution in [1.82, 2.24) is 4.98 Å². The van der Waals surface area contributed by atoms with Crippen molar-refractivity contribution in [3.8, 4) is 0 Å². The van der Waals surface area contributed by atoms with Gasteiger partial charge in [0.2, 0.25) is 0 Å². The first-order valence-corrected chi connectivity index (χ1v) is 6.00. The van der Waals surface area contributed by atoms with Crippen molar-refractivity contribution in [1.29, 1.82) is 0 Å². The van der Waals surface area contributed by atoms with Gasteiger partial charge < -0.3 is 10.4 Å². The maximum absolute atomic E-state index is 9.44. The Labute approximate surface area is 102 Å². The number of nitrogens with zero attached hydrogens (tertiary/aromatic N) is 1. The summed E-state index contributed by atoms with van der Waals surface area (Å²) in [5, 5.41) is 13.2. The molecule has 1 heterocycles. The molecule has 0 unspecified atom stereocenters. The molecule has 1 rings (SSSR count). The summed E-state index contributed by atoms with van der Waals surface area (Å²) in [6.45, 7) is 5.07. The molecule has 0 atom stereocenters. The maximum atomic E-state index is 9.44. The zero-order valence-electron chi connectivity index (χ0n) is 9.83. The Morgan fingerprint density at radius 3 is 2.62 bits per heavy atom. The molecule has 90 valence electrons. The van der Waals surface area contributed by atoms with Crippen LogP contribution < -0.4 is 5.32 Å². The number of aliphatic hydroxyl groups excluding tert-OH is 1. The fraction of sp³-hybridized carbons (Fsp3) is 0.583. The molecule has 0 saturated carbocycles. The zero-order chi connectivity index (χ0) is 12.0. The van der Waals surface area contributed by atoms with Crippen LogP contribution in [-0.2, 0) is 0 Å². The molecule has 2 N–H and O–H groups in total. The predicted octanol–water partition coefficient (Wildman–Crippen LogP) is 2.95. The molecule has 0 saturated heterocycles. The molecule has 0 radical (unpaired) electrons. The monoisotopic (exact) mass is 242 g/mol. The lowest BCUT2D eigenvalue weighted by atomic mass is 9.83. The van der Waals surface area contributed by atoms with Crippen LogP contribution in [0.5, 0.6) is 0 Å². The third-order valence-electron chi connectivity index (χ3n) is 3.25. The minimum atomic E-state index is -0.0703. The van der Waals surface area contributed by atoms with Crippen molar-refractivity contribution in [3.05, 3.63) is 23.5 Å². The van der Waals surface area contributed by atoms with Crippen molar-refractivity contribution in [2.75, 3.05) is 18.5 Å². The summed E-state index contributed by atoms with van der Waals surface area (Å²) < 4.78 is 0. The summed E-state index contributed by atoms with van der Waals surface area (Å²) in [7, 11) is 0. The summed E-state index contributed by atoms with van der Waals surface area (Å²) >= 11 is 5.95. The normalized spacial score (nSPS) is 11.5. The van der Waals surface area contributed by atoms with E-state index in [-0.39, 0.29) is 12.0 Å². The third kappa shape index (κ3) is 3.09. The molecule has 4 heteroatoms. The van der Waals surface area contributed by atoms with Crippen LogP contribution in [0.1, 0.15) is 26.7 Å². The highest BCUT2D eigenvalue weighted by atomic mass is 35.5. The Kier molecular flexibility index (Phi) is 5.03. The fourth-order valence-corrected chi connectivity index (χ4v) is 1.77. The van der Waals surface area contributed by atoms with E-state index in [1.165, 1.54) is 0 Å². The number of hydrogen-bond donors (Lipinski definition) is 2. The highest BCUT2D eigenvalue weighted by Crippen LogP contribution is 2.27. The zero-order valence-corrected chi connectivity index (χ0v) is 10.6. The third-order valence-corrected chi connectivity index (χ3v) is 3.55.